The number of aryl methyl sites for hydroxylation is 1. The molecule has 0 amide bonds. The monoisotopic (exact) mass is 685 g/mol. The first-order chi connectivity index (χ1) is 18.3. The zero-order valence-electron chi connectivity index (χ0n) is 22.4. The fourth-order valence-corrected chi connectivity index (χ4v) is 4.50. The molecule has 11 nitrogen and oxygen atoms in total. The summed E-state index contributed by atoms with van der Waals surface area (Å²) in [6.45, 7) is 2.60. The molecule has 39 heavy (non-hydrogen) atoms. The van der Waals surface area contributed by atoms with Gasteiger partial charge in [0, 0.05) is 84.9 Å². The third kappa shape index (κ3) is 11.1. The van der Waals surface area contributed by atoms with E-state index in [2.05, 4.69) is 0 Å². The minimum Gasteiger partial charge on any atom is -0.480 e. The van der Waals surface area contributed by atoms with Crippen LogP contribution in [0.5, 0.6) is 0 Å². The third-order valence-electron chi connectivity index (χ3n) is 6.62. The number of nitrogen functional groups attached to an aromatic ring is 1. The van der Waals surface area contributed by atoms with E-state index in [4.69, 9.17) is 20.2 Å². The maximum absolute atomic E-state index is 12.4. The average Bonchev–Trinajstić information content (AvgIpc) is 2.89. The molecule has 2 heterocycles. The largest absolute Gasteiger partial charge is 0.480 e. The number of aliphatic carboxylic acids is 1. The number of carbonyl (C=O) groups is 3. The summed E-state index contributed by atoms with van der Waals surface area (Å²) >= 11 is 0. The van der Waals surface area contributed by atoms with E-state index in [0.717, 1.165) is 17.0 Å². The Labute approximate surface area is 261 Å². The molecule has 0 saturated carbocycles. The van der Waals surface area contributed by atoms with Crippen LogP contribution in [-0.4, -0.2) is 102 Å². The number of nitrogens with zero attached hydrogens (tertiary/aromatic N) is 4. The zero-order chi connectivity index (χ0) is 27.5. The van der Waals surface area contributed by atoms with Crippen LogP contribution in [0, 0.1) is 39.9 Å². The number of esters is 2. The van der Waals surface area contributed by atoms with Gasteiger partial charge in [-0.15, -0.1) is 0 Å². The van der Waals surface area contributed by atoms with E-state index >= 15 is 0 Å². The average molecular weight is 685 g/mol. The van der Waals surface area contributed by atoms with Gasteiger partial charge in [-0.05, 0) is 42.7 Å². The van der Waals surface area contributed by atoms with Crippen molar-refractivity contribution in [3.63, 3.8) is 0 Å². The number of pyridine rings is 1. The van der Waals surface area contributed by atoms with Gasteiger partial charge in [0.15, 0.2) is 0 Å². The van der Waals surface area contributed by atoms with Gasteiger partial charge < -0.3 is 20.3 Å². The number of carboxylic acids is 1. The Bertz CT molecular complexity index is 1040. The predicted molar refractivity (Wildman–Crippen MR) is 141 cm³/mol. The molecule has 1 aliphatic rings. The molecule has 0 aliphatic carbocycles. The number of fused-ring (bicyclic) bond motifs is 2. The smallest absolute Gasteiger partial charge is 0.320 e. The number of carbonyl (C=O) groups excluding carboxylic acids is 2. The Morgan fingerprint density at radius 2 is 1.41 bits per heavy atom. The molecule has 0 fully saturated rings. The molecule has 1 aromatic heterocycles. The molecule has 1 unspecified atom stereocenters. The molecular weight excluding hydrogens is 648 g/mol. The summed E-state index contributed by atoms with van der Waals surface area (Å²) in [7, 11) is 2.69. The maximum atomic E-state index is 12.4. The number of anilines is 1. The van der Waals surface area contributed by atoms with E-state index in [-0.39, 0.29) is 65.0 Å². The minimum absolute atomic E-state index is 0. The van der Waals surface area contributed by atoms with Crippen molar-refractivity contribution in [2.75, 3.05) is 59.2 Å². The fraction of sp³-hybridized carbons (Fsp3) is 0.481. The molecule has 12 heteroatoms. The molecule has 2 aromatic rings. The van der Waals surface area contributed by atoms with Crippen molar-refractivity contribution in [1.29, 1.82) is 0 Å². The van der Waals surface area contributed by atoms with E-state index in [1.54, 1.807) is 12.1 Å². The second-order valence-electron chi connectivity index (χ2n) is 9.36. The Balaban J connectivity index is 0.00000533. The van der Waals surface area contributed by atoms with Gasteiger partial charge in [-0.1, -0.05) is 18.2 Å². The Kier molecular flexibility index (Phi) is 14.2. The normalized spacial score (nSPS) is 16.2. The summed E-state index contributed by atoms with van der Waals surface area (Å²) < 4.78 is 9.77. The molecular formula is C27H37GdN5O6. The number of hydrogen-bond acceptors (Lipinski definition) is 10. The molecule has 2 bridgehead atoms. The van der Waals surface area contributed by atoms with Crippen LogP contribution in [0.4, 0.5) is 5.69 Å². The first-order valence-electron chi connectivity index (χ1n) is 12.6. The van der Waals surface area contributed by atoms with Gasteiger partial charge in [-0.25, -0.2) is 0 Å². The summed E-state index contributed by atoms with van der Waals surface area (Å²) in [6.07, 6.45) is 0.966. The van der Waals surface area contributed by atoms with Gasteiger partial charge in [-0.2, -0.15) is 0 Å². The topological polar surface area (TPSA) is 139 Å². The quantitative estimate of drug-likeness (QED) is 0.289. The first-order valence-corrected chi connectivity index (χ1v) is 12.6. The Morgan fingerprint density at radius 1 is 0.897 bits per heavy atom. The van der Waals surface area contributed by atoms with Gasteiger partial charge in [0.1, 0.15) is 6.04 Å². The minimum atomic E-state index is -0.918. The molecule has 0 spiro atoms. The number of hydrogen-bond donors (Lipinski definition) is 2. The van der Waals surface area contributed by atoms with E-state index in [1.165, 1.54) is 14.2 Å². The van der Waals surface area contributed by atoms with Crippen molar-refractivity contribution < 1.29 is 68.9 Å². The molecule has 0 saturated heterocycles. The van der Waals surface area contributed by atoms with Gasteiger partial charge in [-0.3, -0.25) is 34.1 Å². The van der Waals surface area contributed by atoms with Crippen LogP contribution in [0.3, 0.4) is 0 Å². The number of rotatable bonds is 9. The van der Waals surface area contributed by atoms with Gasteiger partial charge in [0.05, 0.1) is 38.7 Å². The number of methoxy groups -OCH3 is 2. The molecule has 214 valence electrons. The van der Waals surface area contributed by atoms with Crippen LogP contribution in [0.25, 0.3) is 0 Å². The zero-order valence-corrected chi connectivity index (χ0v) is 24.7. The van der Waals surface area contributed by atoms with Gasteiger partial charge in [0.2, 0.25) is 0 Å². The van der Waals surface area contributed by atoms with E-state index in [0.29, 0.717) is 57.8 Å². The molecule has 3 rings (SSSR count). The van der Waals surface area contributed by atoms with Crippen LogP contribution in [0.15, 0.2) is 42.5 Å². The van der Waals surface area contributed by atoms with Gasteiger partial charge >= 0.3 is 17.9 Å². The second kappa shape index (κ2) is 16.8. The maximum Gasteiger partial charge on any atom is 0.320 e. The van der Waals surface area contributed by atoms with Crippen molar-refractivity contribution in [1.82, 2.24) is 19.7 Å². The van der Waals surface area contributed by atoms with Crippen molar-refractivity contribution in [3.05, 3.63) is 59.4 Å². The molecule has 1 atom stereocenters. The Morgan fingerprint density at radius 3 is 1.87 bits per heavy atom. The number of aromatic nitrogens is 1. The number of ether oxygens (including phenoxy) is 2. The van der Waals surface area contributed by atoms with E-state index < -0.39 is 12.0 Å². The van der Waals surface area contributed by atoms with Crippen LogP contribution >= 0.6 is 0 Å². The SMILES string of the molecule is COC(=O)CN1CCN(C(CCc2ccc(N)cc2)C(=O)O)CCN(CC(=O)OC)Cc2cccc(n2)C1.[Gd]. The molecule has 1 aromatic carbocycles. The molecule has 3 N–H and O–H groups in total. The summed E-state index contributed by atoms with van der Waals surface area (Å²) in [6, 6.07) is 12.3. The van der Waals surface area contributed by atoms with Crippen LogP contribution in [0.2, 0.25) is 0 Å². The van der Waals surface area contributed by atoms with Gasteiger partial charge in [0.25, 0.3) is 0 Å². The van der Waals surface area contributed by atoms with E-state index in [1.807, 2.05) is 45.0 Å². The number of nitrogens with two attached hydrogens (primary N) is 1. The van der Waals surface area contributed by atoms with Crippen LogP contribution in [0.1, 0.15) is 23.4 Å². The standard InChI is InChI=1S/C27H37N5O6.Gd/c1-37-25(33)18-30-12-14-32(24(27(35)36)11-8-20-6-9-21(28)10-7-20)15-13-31(19-26(34)38-2)17-23-5-3-4-22(16-30)29-23;/h3-7,9-10,24H,8,11-19,28H2,1-2H3,(H,35,36);. The number of carboxylic acid groups (broad SMARTS) is 1. The number of benzene rings is 1. The summed E-state index contributed by atoms with van der Waals surface area (Å²) in [4.78, 5) is 47.1. The summed E-state index contributed by atoms with van der Waals surface area (Å²) in [5.41, 5.74) is 8.99. The summed E-state index contributed by atoms with van der Waals surface area (Å²) in [5, 5.41) is 10.2. The molecule has 1 aliphatic heterocycles. The third-order valence-corrected chi connectivity index (χ3v) is 6.62. The molecule has 0 radical (unpaired) electrons. The predicted octanol–water partition coefficient (Wildman–Crippen LogP) is 1.02. The van der Waals surface area contributed by atoms with Crippen LogP contribution < -0.4 is 5.73 Å². The summed E-state index contributed by atoms with van der Waals surface area (Å²) in [5.74, 6) is -1.66. The van der Waals surface area contributed by atoms with Crippen molar-refractivity contribution in [3.8, 4) is 0 Å². The van der Waals surface area contributed by atoms with Crippen molar-refractivity contribution in [2.24, 2.45) is 0 Å². The van der Waals surface area contributed by atoms with Crippen molar-refractivity contribution in [2.45, 2.75) is 32.0 Å². The second-order valence-corrected chi connectivity index (χ2v) is 9.36. The fourth-order valence-electron chi connectivity index (χ4n) is 4.50. The first kappa shape index (κ1) is 33.0. The van der Waals surface area contributed by atoms with E-state index in [9.17, 15) is 19.5 Å². The van der Waals surface area contributed by atoms with Crippen LogP contribution in [-0.2, 0) is 43.4 Å². The van der Waals surface area contributed by atoms with Crippen molar-refractivity contribution >= 4 is 23.6 Å². The Hall–Kier alpha value is -2.22.